The summed E-state index contributed by atoms with van der Waals surface area (Å²) in [6.45, 7) is 3.02. The highest BCUT2D eigenvalue weighted by Gasteiger charge is 2.27. The van der Waals surface area contributed by atoms with E-state index in [4.69, 9.17) is 16.3 Å². The van der Waals surface area contributed by atoms with Crippen molar-refractivity contribution in [1.29, 1.82) is 0 Å². The topological polar surface area (TPSA) is 70.7 Å². The molecule has 0 bridgehead atoms. The maximum absolute atomic E-state index is 13.0. The van der Waals surface area contributed by atoms with Crippen LogP contribution in [0, 0.1) is 0 Å². The van der Waals surface area contributed by atoms with Crippen LogP contribution in [0.2, 0.25) is 4.34 Å². The number of amides is 3. The summed E-state index contributed by atoms with van der Waals surface area (Å²) in [4.78, 5) is 28.1. The number of urea groups is 1. The minimum atomic E-state index is -0.416. The van der Waals surface area contributed by atoms with Gasteiger partial charge in [0.05, 0.1) is 23.5 Å². The molecule has 3 amide bonds. The molecule has 1 saturated heterocycles. The lowest BCUT2D eigenvalue weighted by Gasteiger charge is -2.30. The average Bonchev–Trinajstić information content (AvgIpc) is 3.14. The number of nitrogens with zero attached hydrogens (tertiary/aromatic N) is 1. The van der Waals surface area contributed by atoms with E-state index in [1.54, 1.807) is 4.90 Å². The average molecular weight is 422 g/mol. The molecule has 8 heteroatoms. The first-order chi connectivity index (χ1) is 13.6. The summed E-state index contributed by atoms with van der Waals surface area (Å²) in [6, 6.07) is 13.1. The predicted molar refractivity (Wildman–Crippen MR) is 111 cm³/mol. The van der Waals surface area contributed by atoms with E-state index < -0.39 is 5.92 Å². The Labute approximate surface area is 173 Å². The number of benzene rings is 1. The Hall–Kier alpha value is -2.09. The number of ether oxygens (including phenoxy) is 1. The van der Waals surface area contributed by atoms with E-state index in [0.29, 0.717) is 32.8 Å². The lowest BCUT2D eigenvalue weighted by Crippen LogP contribution is -2.46. The quantitative estimate of drug-likeness (QED) is 0.722. The number of morpholine rings is 1. The second-order valence-corrected chi connectivity index (χ2v) is 8.29. The molecule has 3 rings (SSSR count). The van der Waals surface area contributed by atoms with E-state index >= 15 is 0 Å². The van der Waals surface area contributed by atoms with Crippen molar-refractivity contribution in [3.05, 3.63) is 57.2 Å². The Kier molecular flexibility index (Phi) is 7.71. The number of thiophene rings is 1. The summed E-state index contributed by atoms with van der Waals surface area (Å²) < 4.78 is 6.08. The van der Waals surface area contributed by atoms with Gasteiger partial charge in [-0.05, 0) is 24.1 Å². The highest BCUT2D eigenvalue weighted by atomic mass is 35.5. The lowest BCUT2D eigenvalue weighted by molar-refractivity contribution is -0.136. The maximum atomic E-state index is 13.0. The summed E-state index contributed by atoms with van der Waals surface area (Å²) in [5, 5.41) is 5.68. The van der Waals surface area contributed by atoms with Gasteiger partial charge in [0.15, 0.2) is 0 Å². The smallest absolute Gasteiger partial charge is 0.314 e. The molecule has 2 heterocycles. The van der Waals surface area contributed by atoms with Crippen LogP contribution >= 0.6 is 22.9 Å². The fourth-order valence-electron chi connectivity index (χ4n) is 3.08. The van der Waals surface area contributed by atoms with Crippen LogP contribution in [0.25, 0.3) is 0 Å². The molecule has 2 N–H and O–H groups in total. The zero-order valence-corrected chi connectivity index (χ0v) is 17.1. The molecule has 1 aromatic carbocycles. The van der Waals surface area contributed by atoms with Gasteiger partial charge in [-0.3, -0.25) is 4.79 Å². The largest absolute Gasteiger partial charge is 0.378 e. The Morgan fingerprint density at radius 3 is 2.54 bits per heavy atom. The third kappa shape index (κ3) is 5.95. The van der Waals surface area contributed by atoms with Crippen molar-refractivity contribution in [2.75, 3.05) is 39.4 Å². The summed E-state index contributed by atoms with van der Waals surface area (Å²) in [7, 11) is 0. The first-order valence-electron chi connectivity index (χ1n) is 9.31. The van der Waals surface area contributed by atoms with E-state index in [0.717, 1.165) is 21.2 Å². The molecule has 1 aliphatic rings. The molecule has 1 unspecified atom stereocenters. The fraction of sp³-hybridized carbons (Fsp3) is 0.400. The van der Waals surface area contributed by atoms with Gasteiger partial charge in [-0.15, -0.1) is 11.3 Å². The number of hydrogen-bond donors (Lipinski definition) is 2. The molecule has 0 saturated carbocycles. The molecular formula is C20H24ClN3O3S. The van der Waals surface area contributed by atoms with Gasteiger partial charge in [0.2, 0.25) is 5.91 Å². The number of carbonyl (C=O) groups excluding carboxylic acids is 2. The molecule has 1 fully saturated rings. The van der Waals surface area contributed by atoms with Crippen LogP contribution in [0.5, 0.6) is 0 Å². The number of nitrogens with one attached hydrogen (secondary N) is 2. The lowest BCUT2D eigenvalue weighted by atomic mass is 9.97. The summed E-state index contributed by atoms with van der Waals surface area (Å²) >= 11 is 7.42. The first kappa shape index (κ1) is 20.6. The minimum Gasteiger partial charge on any atom is -0.378 e. The van der Waals surface area contributed by atoms with Crippen molar-refractivity contribution >= 4 is 34.9 Å². The van der Waals surface area contributed by atoms with E-state index in [1.165, 1.54) is 11.3 Å². The molecule has 6 nitrogen and oxygen atoms in total. The molecule has 1 aliphatic heterocycles. The van der Waals surface area contributed by atoms with Gasteiger partial charge >= 0.3 is 6.03 Å². The van der Waals surface area contributed by atoms with Crippen LogP contribution in [0.4, 0.5) is 4.79 Å². The molecular weight excluding hydrogens is 398 g/mol. The molecule has 1 aromatic heterocycles. The third-order valence-corrected chi connectivity index (χ3v) is 5.87. The van der Waals surface area contributed by atoms with Crippen molar-refractivity contribution in [2.45, 2.75) is 12.3 Å². The second-order valence-electron chi connectivity index (χ2n) is 6.49. The van der Waals surface area contributed by atoms with E-state index in [-0.39, 0.29) is 18.5 Å². The summed E-state index contributed by atoms with van der Waals surface area (Å²) in [5.41, 5.74) is 0.896. The van der Waals surface area contributed by atoms with Gasteiger partial charge in [0.25, 0.3) is 0 Å². The number of rotatable bonds is 7. The van der Waals surface area contributed by atoms with Crippen LogP contribution < -0.4 is 10.6 Å². The van der Waals surface area contributed by atoms with E-state index in [1.807, 2.05) is 42.5 Å². The molecule has 2 aromatic rings. The SMILES string of the molecule is O=C(NCCc1ccc(Cl)s1)NCC(C(=O)N1CCOCC1)c1ccccc1. The normalized spacial score (nSPS) is 15.1. The van der Waals surface area contributed by atoms with Crippen LogP contribution in [0.3, 0.4) is 0 Å². The van der Waals surface area contributed by atoms with Crippen LogP contribution in [0.15, 0.2) is 42.5 Å². The van der Waals surface area contributed by atoms with Gasteiger partial charge in [-0.1, -0.05) is 41.9 Å². The highest BCUT2D eigenvalue weighted by Crippen LogP contribution is 2.21. The zero-order valence-electron chi connectivity index (χ0n) is 15.5. The van der Waals surface area contributed by atoms with Gasteiger partial charge in [0, 0.05) is 31.1 Å². The Bertz CT molecular complexity index is 778. The Balaban J connectivity index is 1.53. The van der Waals surface area contributed by atoms with Crippen LogP contribution in [0.1, 0.15) is 16.4 Å². The predicted octanol–water partition coefficient (Wildman–Crippen LogP) is 2.89. The van der Waals surface area contributed by atoms with Gasteiger partial charge in [-0.2, -0.15) is 0 Å². The second kappa shape index (κ2) is 10.5. The fourth-order valence-corrected chi connectivity index (χ4v) is 4.17. The molecule has 1 atom stereocenters. The van der Waals surface area contributed by atoms with Crippen LogP contribution in [-0.2, 0) is 16.0 Å². The van der Waals surface area contributed by atoms with E-state index in [2.05, 4.69) is 10.6 Å². The van der Waals surface area contributed by atoms with Gasteiger partial charge in [0.1, 0.15) is 0 Å². The molecule has 0 aliphatic carbocycles. The number of halogens is 1. The van der Waals surface area contributed by atoms with Crippen molar-refractivity contribution in [1.82, 2.24) is 15.5 Å². The monoisotopic (exact) mass is 421 g/mol. The minimum absolute atomic E-state index is 0.0167. The van der Waals surface area contributed by atoms with Gasteiger partial charge in [-0.25, -0.2) is 4.79 Å². The summed E-state index contributed by atoms with van der Waals surface area (Å²) in [5.74, 6) is -0.399. The zero-order chi connectivity index (χ0) is 19.8. The van der Waals surface area contributed by atoms with Crippen molar-refractivity contribution in [2.24, 2.45) is 0 Å². The molecule has 0 spiro atoms. The van der Waals surface area contributed by atoms with E-state index in [9.17, 15) is 9.59 Å². The highest BCUT2D eigenvalue weighted by molar-refractivity contribution is 7.16. The number of hydrogen-bond acceptors (Lipinski definition) is 4. The molecule has 28 heavy (non-hydrogen) atoms. The number of carbonyl (C=O) groups is 2. The molecule has 150 valence electrons. The standard InChI is InChI=1S/C20H24ClN3O3S/c21-18-7-6-16(28-18)8-9-22-20(26)23-14-17(15-4-2-1-3-5-15)19(25)24-10-12-27-13-11-24/h1-7,17H,8-14H2,(H2,22,23,26). The van der Waals surface area contributed by atoms with Crippen molar-refractivity contribution in [3.8, 4) is 0 Å². The Morgan fingerprint density at radius 2 is 1.86 bits per heavy atom. The summed E-state index contributed by atoms with van der Waals surface area (Å²) in [6.07, 6.45) is 0.722. The molecule has 0 radical (unpaired) electrons. The Morgan fingerprint density at radius 1 is 1.11 bits per heavy atom. The van der Waals surface area contributed by atoms with Crippen LogP contribution in [-0.4, -0.2) is 56.2 Å². The van der Waals surface area contributed by atoms with Crippen molar-refractivity contribution < 1.29 is 14.3 Å². The third-order valence-electron chi connectivity index (χ3n) is 4.58. The first-order valence-corrected chi connectivity index (χ1v) is 10.5. The van der Waals surface area contributed by atoms with Crippen molar-refractivity contribution in [3.63, 3.8) is 0 Å². The maximum Gasteiger partial charge on any atom is 0.314 e. The van der Waals surface area contributed by atoms with Gasteiger partial charge < -0.3 is 20.3 Å².